The van der Waals surface area contributed by atoms with Crippen molar-refractivity contribution < 1.29 is 9.53 Å². The fraction of sp³-hybridized carbons (Fsp3) is 0.381. The lowest BCUT2D eigenvalue weighted by atomic mass is 9.88. The highest BCUT2D eigenvalue weighted by atomic mass is 79.9. The number of fused-ring (bicyclic) bond motifs is 1. The van der Waals surface area contributed by atoms with Crippen molar-refractivity contribution in [2.24, 2.45) is 5.92 Å². The van der Waals surface area contributed by atoms with E-state index in [9.17, 15) is 10.1 Å². The summed E-state index contributed by atoms with van der Waals surface area (Å²) in [6.45, 7) is 0. The molecule has 1 aromatic rings. The summed E-state index contributed by atoms with van der Waals surface area (Å²) in [5, 5.41) is 12.1. The molecule has 0 bridgehead atoms. The Morgan fingerprint density at radius 3 is 2.96 bits per heavy atom. The molecule has 0 spiro atoms. The molecule has 27 heavy (non-hydrogen) atoms. The van der Waals surface area contributed by atoms with E-state index in [4.69, 9.17) is 4.74 Å². The fourth-order valence-corrected chi connectivity index (χ4v) is 4.99. The molecule has 0 unspecified atom stereocenters. The molecule has 0 amide bonds. The van der Waals surface area contributed by atoms with E-state index >= 15 is 0 Å². The molecule has 6 heteroatoms. The van der Waals surface area contributed by atoms with Crippen molar-refractivity contribution in [1.82, 2.24) is 4.98 Å². The zero-order valence-electron chi connectivity index (χ0n) is 14.7. The van der Waals surface area contributed by atoms with Gasteiger partial charge in [-0.05, 0) is 42.6 Å². The minimum absolute atomic E-state index is 0.300. The number of hydrogen-bond donors (Lipinski definition) is 0. The maximum Gasteiger partial charge on any atom is 0.319 e. The zero-order valence-corrected chi connectivity index (χ0v) is 17.1. The van der Waals surface area contributed by atoms with E-state index in [-0.39, 0.29) is 12.1 Å². The molecule has 4 nitrogen and oxygen atoms in total. The summed E-state index contributed by atoms with van der Waals surface area (Å²) < 4.78 is 6.50. The Morgan fingerprint density at radius 1 is 1.37 bits per heavy atom. The summed E-state index contributed by atoms with van der Waals surface area (Å²) in [6.07, 6.45) is 15.4. The summed E-state index contributed by atoms with van der Waals surface area (Å²) >= 11 is 4.88. The van der Waals surface area contributed by atoms with Crippen molar-refractivity contribution in [3.05, 3.63) is 56.5 Å². The lowest BCUT2D eigenvalue weighted by molar-refractivity contribution is -0.147. The molecule has 1 aromatic heterocycles. The molecule has 0 aromatic carbocycles. The standard InChI is InChI=1S/C21H19BrN2O2S/c22-16-6-7-19-14(9-16)10-17(21(25)26-19)18-12-27-20(24-18)15(11-23)8-13-4-2-1-3-5-13/h6-10,12-13,17,19H,1-5H2/b15-8+/t17-,19-/m1/s1. The van der Waals surface area contributed by atoms with Gasteiger partial charge >= 0.3 is 5.97 Å². The van der Waals surface area contributed by atoms with Gasteiger partial charge in [0, 0.05) is 9.86 Å². The van der Waals surface area contributed by atoms with E-state index in [0.29, 0.717) is 22.2 Å². The number of esters is 1. The highest BCUT2D eigenvalue weighted by molar-refractivity contribution is 9.11. The van der Waals surface area contributed by atoms with Gasteiger partial charge in [-0.3, -0.25) is 4.79 Å². The Kier molecular flexibility index (Phi) is 5.42. The van der Waals surface area contributed by atoms with E-state index in [0.717, 1.165) is 22.9 Å². The number of thiazole rings is 1. The third kappa shape index (κ3) is 3.99. The van der Waals surface area contributed by atoms with Crippen molar-refractivity contribution in [1.29, 1.82) is 5.26 Å². The van der Waals surface area contributed by atoms with E-state index in [1.54, 1.807) is 0 Å². The number of nitriles is 1. The van der Waals surface area contributed by atoms with Crippen LogP contribution in [0.2, 0.25) is 0 Å². The fourth-order valence-electron chi connectivity index (χ4n) is 3.74. The third-order valence-electron chi connectivity index (χ3n) is 5.16. The Morgan fingerprint density at radius 2 is 2.19 bits per heavy atom. The number of carbonyl (C=O) groups is 1. The predicted molar refractivity (Wildman–Crippen MR) is 109 cm³/mol. The number of aromatic nitrogens is 1. The Bertz CT molecular complexity index is 913. The van der Waals surface area contributed by atoms with Crippen LogP contribution in [0, 0.1) is 17.2 Å². The van der Waals surface area contributed by atoms with Crippen LogP contribution in [0.25, 0.3) is 5.57 Å². The van der Waals surface area contributed by atoms with Gasteiger partial charge in [0.1, 0.15) is 23.1 Å². The van der Waals surface area contributed by atoms with Crippen molar-refractivity contribution in [3.63, 3.8) is 0 Å². The van der Waals surface area contributed by atoms with Crippen LogP contribution in [-0.4, -0.2) is 17.1 Å². The largest absolute Gasteiger partial charge is 0.452 e. The molecule has 1 fully saturated rings. The van der Waals surface area contributed by atoms with Crippen LogP contribution < -0.4 is 0 Å². The highest BCUT2D eigenvalue weighted by Crippen LogP contribution is 2.35. The first-order chi connectivity index (χ1) is 13.1. The van der Waals surface area contributed by atoms with E-state index in [2.05, 4.69) is 33.1 Å². The number of ether oxygens (including phenoxy) is 1. The molecule has 1 aliphatic heterocycles. The van der Waals surface area contributed by atoms with Crippen LogP contribution in [0.15, 0.2) is 45.8 Å². The Hall–Kier alpha value is -1.97. The monoisotopic (exact) mass is 442 g/mol. The first-order valence-corrected chi connectivity index (χ1v) is 10.9. The minimum Gasteiger partial charge on any atom is -0.452 e. The number of allylic oxidation sites excluding steroid dienone is 4. The second-order valence-electron chi connectivity index (χ2n) is 7.06. The van der Waals surface area contributed by atoms with Gasteiger partial charge in [0.25, 0.3) is 0 Å². The van der Waals surface area contributed by atoms with Gasteiger partial charge in [0.2, 0.25) is 0 Å². The van der Waals surface area contributed by atoms with Crippen molar-refractivity contribution in [3.8, 4) is 6.07 Å². The van der Waals surface area contributed by atoms with Gasteiger partial charge in [0.05, 0.1) is 11.3 Å². The average Bonchev–Trinajstić information content (AvgIpc) is 3.16. The van der Waals surface area contributed by atoms with Crippen molar-refractivity contribution in [2.45, 2.75) is 44.1 Å². The number of rotatable bonds is 3. The van der Waals surface area contributed by atoms with Crippen LogP contribution >= 0.6 is 27.3 Å². The maximum atomic E-state index is 12.4. The summed E-state index contributed by atoms with van der Waals surface area (Å²) in [4.78, 5) is 17.1. The number of carbonyl (C=O) groups excluding carboxylic acids is 1. The van der Waals surface area contributed by atoms with Gasteiger partial charge in [0.15, 0.2) is 0 Å². The van der Waals surface area contributed by atoms with Crippen molar-refractivity contribution in [2.75, 3.05) is 0 Å². The van der Waals surface area contributed by atoms with Crippen LogP contribution in [0.5, 0.6) is 0 Å². The summed E-state index contributed by atoms with van der Waals surface area (Å²) in [6, 6.07) is 2.30. The first kappa shape index (κ1) is 18.4. The molecule has 4 rings (SSSR count). The average molecular weight is 443 g/mol. The van der Waals surface area contributed by atoms with E-state index in [1.165, 1.54) is 30.6 Å². The van der Waals surface area contributed by atoms with E-state index in [1.807, 2.05) is 29.7 Å². The topological polar surface area (TPSA) is 63.0 Å². The molecule has 2 heterocycles. The first-order valence-electron chi connectivity index (χ1n) is 9.19. The Balaban J connectivity index is 1.59. The summed E-state index contributed by atoms with van der Waals surface area (Å²) in [7, 11) is 0. The van der Waals surface area contributed by atoms with Crippen LogP contribution in [-0.2, 0) is 9.53 Å². The number of nitrogens with zero attached hydrogens (tertiary/aromatic N) is 2. The Labute approximate surface area is 171 Å². The highest BCUT2D eigenvalue weighted by Gasteiger charge is 2.32. The van der Waals surface area contributed by atoms with Gasteiger partial charge in [-0.1, -0.05) is 47.3 Å². The molecular weight excluding hydrogens is 424 g/mol. The van der Waals surface area contributed by atoms with Crippen LogP contribution in [0.1, 0.15) is 48.7 Å². The van der Waals surface area contributed by atoms with Gasteiger partial charge in [-0.25, -0.2) is 4.98 Å². The molecule has 2 aliphatic carbocycles. The lowest BCUT2D eigenvalue weighted by Crippen LogP contribution is -2.28. The molecule has 0 radical (unpaired) electrons. The molecule has 2 atom stereocenters. The smallest absolute Gasteiger partial charge is 0.319 e. The maximum absolute atomic E-state index is 12.4. The molecule has 0 N–H and O–H groups in total. The van der Waals surface area contributed by atoms with Crippen LogP contribution in [0.4, 0.5) is 0 Å². The summed E-state index contributed by atoms with van der Waals surface area (Å²) in [5.41, 5.74) is 2.22. The SMILES string of the molecule is N#C/C(=C\C1CCCCC1)c1nc([C@H]2C=C3C=C(Br)C=C[C@H]3OC2=O)cs1. The van der Waals surface area contributed by atoms with Gasteiger partial charge in [-0.2, -0.15) is 5.26 Å². The second kappa shape index (κ2) is 7.95. The zero-order chi connectivity index (χ0) is 18.8. The van der Waals surface area contributed by atoms with Crippen LogP contribution in [0.3, 0.4) is 0 Å². The molecule has 138 valence electrons. The second-order valence-corrected chi connectivity index (χ2v) is 8.83. The minimum atomic E-state index is -0.529. The lowest BCUT2D eigenvalue weighted by Gasteiger charge is -2.26. The van der Waals surface area contributed by atoms with Gasteiger partial charge in [-0.15, -0.1) is 11.3 Å². The normalized spacial score (nSPS) is 25.9. The molecule has 1 saturated carbocycles. The quantitative estimate of drug-likeness (QED) is 0.463. The molecule has 0 saturated heterocycles. The van der Waals surface area contributed by atoms with E-state index < -0.39 is 5.92 Å². The predicted octanol–water partition coefficient (Wildman–Crippen LogP) is 5.41. The molecule has 3 aliphatic rings. The van der Waals surface area contributed by atoms with Gasteiger partial charge < -0.3 is 4.74 Å². The van der Waals surface area contributed by atoms with Crippen molar-refractivity contribution >= 4 is 38.8 Å². The number of halogens is 1. The summed E-state index contributed by atoms with van der Waals surface area (Å²) in [5.74, 6) is -0.370. The third-order valence-corrected chi connectivity index (χ3v) is 6.55. The number of hydrogen-bond acceptors (Lipinski definition) is 5. The molecular formula is C21H19BrN2O2S.